The zero-order valence-corrected chi connectivity index (χ0v) is 16.9. The van der Waals surface area contributed by atoms with Gasteiger partial charge in [0, 0.05) is 22.8 Å². The molecule has 2 aromatic rings. The quantitative estimate of drug-likeness (QED) is 0.710. The first kappa shape index (κ1) is 18.4. The fourth-order valence-corrected chi connectivity index (χ4v) is 5.80. The minimum Gasteiger partial charge on any atom is -0.282 e. The summed E-state index contributed by atoms with van der Waals surface area (Å²) in [5.41, 5.74) is 1.71. The highest BCUT2D eigenvalue weighted by molar-refractivity contribution is 7.99. The number of anilines is 2. The first-order valence-electron chi connectivity index (χ1n) is 10.2. The van der Waals surface area contributed by atoms with Crippen LogP contribution in [0.5, 0.6) is 0 Å². The molecule has 6 heteroatoms. The zero-order valence-electron chi connectivity index (χ0n) is 16.0. The van der Waals surface area contributed by atoms with Crippen LogP contribution in [-0.2, 0) is 14.4 Å². The number of carbonyl (C=O) groups excluding carboxylic acids is 3. The molecule has 1 aliphatic carbocycles. The summed E-state index contributed by atoms with van der Waals surface area (Å²) in [6.07, 6.45) is 3.73. The SMILES string of the molecule is O=C1[C@H]2CCCC[C@@H]2C(=O)N1CCC(=O)N1c2ccccc2Sc2ccccc21. The number of fused-ring (bicyclic) bond motifs is 3. The summed E-state index contributed by atoms with van der Waals surface area (Å²) in [4.78, 5) is 43.8. The predicted octanol–water partition coefficient (Wildman–Crippen LogP) is 4.38. The highest BCUT2D eigenvalue weighted by Crippen LogP contribution is 2.48. The molecule has 0 bridgehead atoms. The summed E-state index contributed by atoms with van der Waals surface area (Å²) in [7, 11) is 0. The molecule has 5 nitrogen and oxygen atoms in total. The first-order chi connectivity index (χ1) is 14.1. The fraction of sp³-hybridized carbons (Fsp3) is 0.348. The van der Waals surface area contributed by atoms with Gasteiger partial charge in [0.15, 0.2) is 0 Å². The Morgan fingerprint density at radius 1 is 0.862 bits per heavy atom. The van der Waals surface area contributed by atoms with E-state index in [4.69, 9.17) is 0 Å². The molecule has 2 heterocycles. The summed E-state index contributed by atoms with van der Waals surface area (Å²) in [5, 5.41) is 0. The Bertz CT molecular complexity index is 936. The van der Waals surface area contributed by atoms with Crippen molar-refractivity contribution < 1.29 is 14.4 Å². The van der Waals surface area contributed by atoms with Gasteiger partial charge in [0.25, 0.3) is 0 Å². The maximum Gasteiger partial charge on any atom is 0.233 e. The lowest BCUT2D eigenvalue weighted by atomic mass is 9.81. The molecular formula is C23H22N2O3S. The van der Waals surface area contributed by atoms with Gasteiger partial charge >= 0.3 is 0 Å². The van der Waals surface area contributed by atoms with Crippen molar-refractivity contribution in [2.24, 2.45) is 11.8 Å². The normalized spacial score (nSPS) is 22.9. The number of rotatable bonds is 3. The molecule has 148 valence electrons. The lowest BCUT2D eigenvalue weighted by molar-refractivity contribution is -0.140. The molecule has 1 saturated carbocycles. The lowest BCUT2D eigenvalue weighted by Gasteiger charge is -2.31. The Morgan fingerprint density at radius 3 is 1.93 bits per heavy atom. The van der Waals surface area contributed by atoms with Crippen molar-refractivity contribution in [2.75, 3.05) is 11.4 Å². The molecule has 2 atom stereocenters. The summed E-state index contributed by atoms with van der Waals surface area (Å²) in [6.45, 7) is 0.164. The molecule has 0 unspecified atom stereocenters. The zero-order chi connectivity index (χ0) is 20.0. The van der Waals surface area contributed by atoms with E-state index in [-0.39, 0.29) is 42.5 Å². The molecule has 2 aliphatic heterocycles. The number of amides is 3. The number of para-hydroxylation sites is 2. The largest absolute Gasteiger partial charge is 0.282 e. The number of carbonyl (C=O) groups is 3. The Balaban J connectivity index is 1.38. The van der Waals surface area contributed by atoms with Gasteiger partial charge < -0.3 is 0 Å². The van der Waals surface area contributed by atoms with Crippen LogP contribution in [0.3, 0.4) is 0 Å². The number of hydrogen-bond acceptors (Lipinski definition) is 4. The molecule has 0 N–H and O–H groups in total. The Labute approximate surface area is 174 Å². The molecular weight excluding hydrogens is 384 g/mol. The second kappa shape index (κ2) is 7.34. The third-order valence-corrected chi connectivity index (χ3v) is 7.29. The molecule has 3 amide bonds. The summed E-state index contributed by atoms with van der Waals surface area (Å²) >= 11 is 1.65. The monoisotopic (exact) mass is 406 g/mol. The van der Waals surface area contributed by atoms with Gasteiger partial charge in [-0.15, -0.1) is 0 Å². The van der Waals surface area contributed by atoms with E-state index in [9.17, 15) is 14.4 Å². The smallest absolute Gasteiger partial charge is 0.233 e. The average molecular weight is 407 g/mol. The van der Waals surface area contributed by atoms with Gasteiger partial charge in [-0.3, -0.25) is 24.2 Å². The van der Waals surface area contributed by atoms with Crippen LogP contribution in [0, 0.1) is 11.8 Å². The molecule has 0 spiro atoms. The van der Waals surface area contributed by atoms with Crippen molar-refractivity contribution in [1.82, 2.24) is 4.90 Å². The third-order valence-electron chi connectivity index (χ3n) is 6.16. The minimum atomic E-state index is -0.167. The van der Waals surface area contributed by atoms with E-state index in [2.05, 4.69) is 0 Å². The molecule has 5 rings (SSSR count). The number of imide groups is 1. The van der Waals surface area contributed by atoms with Gasteiger partial charge in [-0.2, -0.15) is 0 Å². The first-order valence-corrected chi connectivity index (χ1v) is 11.0. The summed E-state index contributed by atoms with van der Waals surface area (Å²) in [5.74, 6) is -0.593. The lowest BCUT2D eigenvalue weighted by Crippen LogP contribution is -2.36. The van der Waals surface area contributed by atoms with Gasteiger partial charge in [-0.25, -0.2) is 0 Å². The molecule has 3 aliphatic rings. The second-order valence-corrected chi connectivity index (χ2v) is 8.93. The van der Waals surface area contributed by atoms with Crippen molar-refractivity contribution in [3.8, 4) is 0 Å². The molecule has 2 aromatic carbocycles. The van der Waals surface area contributed by atoms with Gasteiger partial charge in [0.05, 0.1) is 23.2 Å². The van der Waals surface area contributed by atoms with Crippen LogP contribution < -0.4 is 4.90 Å². The average Bonchev–Trinajstić information content (AvgIpc) is 3.00. The minimum absolute atomic E-state index is 0.0810. The Hall–Kier alpha value is -2.60. The summed E-state index contributed by atoms with van der Waals surface area (Å²) < 4.78 is 0. The standard InChI is InChI=1S/C23H22N2O3S/c26-21(13-14-24-22(27)15-7-1-2-8-16(15)23(24)28)25-17-9-3-5-11-19(17)29-20-12-6-4-10-18(20)25/h3-6,9-12,15-16H,1-2,7-8,13-14H2/t15-,16-/m0/s1. The highest BCUT2D eigenvalue weighted by atomic mass is 32.2. The van der Waals surface area contributed by atoms with Crippen LogP contribution in [0.25, 0.3) is 0 Å². The predicted molar refractivity (Wildman–Crippen MR) is 111 cm³/mol. The van der Waals surface area contributed by atoms with E-state index in [1.54, 1.807) is 16.7 Å². The van der Waals surface area contributed by atoms with Gasteiger partial charge in [0.2, 0.25) is 17.7 Å². The van der Waals surface area contributed by atoms with E-state index < -0.39 is 0 Å². The van der Waals surface area contributed by atoms with Crippen LogP contribution >= 0.6 is 11.8 Å². The van der Waals surface area contributed by atoms with Gasteiger partial charge in [-0.05, 0) is 37.1 Å². The van der Waals surface area contributed by atoms with Crippen molar-refractivity contribution in [1.29, 1.82) is 0 Å². The Morgan fingerprint density at radius 2 is 1.38 bits per heavy atom. The fourth-order valence-electron chi connectivity index (χ4n) is 4.74. The molecule has 1 saturated heterocycles. The number of nitrogens with zero attached hydrogens (tertiary/aromatic N) is 2. The molecule has 0 radical (unpaired) electrons. The van der Waals surface area contributed by atoms with Crippen LogP contribution in [-0.4, -0.2) is 29.2 Å². The summed E-state index contributed by atoms with van der Waals surface area (Å²) in [6, 6.07) is 15.7. The van der Waals surface area contributed by atoms with Crippen molar-refractivity contribution in [3.05, 3.63) is 48.5 Å². The van der Waals surface area contributed by atoms with E-state index in [1.807, 2.05) is 48.5 Å². The number of likely N-dealkylation sites (tertiary alicyclic amines) is 1. The van der Waals surface area contributed by atoms with Crippen molar-refractivity contribution in [2.45, 2.75) is 41.9 Å². The van der Waals surface area contributed by atoms with E-state index in [1.165, 1.54) is 4.90 Å². The van der Waals surface area contributed by atoms with Crippen LogP contribution in [0.4, 0.5) is 11.4 Å². The highest BCUT2D eigenvalue weighted by Gasteiger charge is 2.48. The van der Waals surface area contributed by atoms with Gasteiger partial charge in [0.1, 0.15) is 0 Å². The second-order valence-electron chi connectivity index (χ2n) is 7.84. The van der Waals surface area contributed by atoms with Crippen LogP contribution in [0.15, 0.2) is 58.3 Å². The van der Waals surface area contributed by atoms with Crippen LogP contribution in [0.2, 0.25) is 0 Å². The molecule has 29 heavy (non-hydrogen) atoms. The van der Waals surface area contributed by atoms with E-state index in [0.29, 0.717) is 0 Å². The maximum absolute atomic E-state index is 13.3. The van der Waals surface area contributed by atoms with E-state index >= 15 is 0 Å². The molecule has 0 aromatic heterocycles. The molecule has 2 fully saturated rings. The Kier molecular flexibility index (Phi) is 4.66. The topological polar surface area (TPSA) is 57.7 Å². The third kappa shape index (κ3) is 3.06. The van der Waals surface area contributed by atoms with Crippen LogP contribution in [0.1, 0.15) is 32.1 Å². The van der Waals surface area contributed by atoms with Crippen molar-refractivity contribution >= 4 is 40.9 Å². The van der Waals surface area contributed by atoms with E-state index in [0.717, 1.165) is 46.8 Å². The van der Waals surface area contributed by atoms with Crippen molar-refractivity contribution in [3.63, 3.8) is 0 Å². The van der Waals surface area contributed by atoms with Gasteiger partial charge in [-0.1, -0.05) is 48.9 Å². The maximum atomic E-state index is 13.3. The number of benzene rings is 2. The number of hydrogen-bond donors (Lipinski definition) is 0.